The summed E-state index contributed by atoms with van der Waals surface area (Å²) in [6, 6.07) is 0.683. The Kier molecular flexibility index (Phi) is 1.68. The van der Waals surface area contributed by atoms with Crippen LogP contribution in [0.15, 0.2) is 4.42 Å². The van der Waals surface area contributed by atoms with Crippen LogP contribution in [0.5, 0.6) is 0 Å². The van der Waals surface area contributed by atoms with Crippen molar-refractivity contribution in [2.24, 2.45) is 5.41 Å². The first kappa shape index (κ1) is 8.34. The minimum Gasteiger partial charge on any atom is -0.390 e. The number of anilines is 2. The Hall–Kier alpha value is -1.26. The van der Waals surface area contributed by atoms with E-state index in [2.05, 4.69) is 28.9 Å². The lowest BCUT2D eigenvalue weighted by molar-refractivity contribution is 0.415. The van der Waals surface area contributed by atoms with E-state index in [0.717, 1.165) is 19.5 Å². The zero-order chi connectivity index (χ0) is 9.47. The molecule has 5 nitrogen and oxygen atoms in total. The van der Waals surface area contributed by atoms with Crippen molar-refractivity contribution < 1.29 is 4.42 Å². The Morgan fingerprint density at radius 3 is 2.69 bits per heavy atom. The summed E-state index contributed by atoms with van der Waals surface area (Å²) >= 11 is 0. The molecule has 1 fully saturated rings. The molecule has 2 rings (SSSR count). The van der Waals surface area contributed by atoms with Gasteiger partial charge in [-0.15, -0.1) is 0 Å². The first-order valence-electron chi connectivity index (χ1n) is 4.41. The van der Waals surface area contributed by atoms with E-state index in [-0.39, 0.29) is 6.01 Å². The van der Waals surface area contributed by atoms with Crippen molar-refractivity contribution in [3.05, 3.63) is 0 Å². The fraction of sp³-hybridized carbons (Fsp3) is 0.750. The van der Waals surface area contributed by atoms with Crippen molar-refractivity contribution in [1.82, 2.24) is 10.2 Å². The highest BCUT2D eigenvalue weighted by molar-refractivity contribution is 5.30. The van der Waals surface area contributed by atoms with Crippen LogP contribution in [-0.4, -0.2) is 23.3 Å². The third-order valence-electron chi connectivity index (χ3n) is 2.38. The van der Waals surface area contributed by atoms with Gasteiger partial charge in [-0.1, -0.05) is 24.0 Å². The Labute approximate surface area is 76.9 Å². The first-order valence-corrected chi connectivity index (χ1v) is 4.41. The first-order chi connectivity index (χ1) is 6.07. The number of aromatic nitrogens is 2. The summed E-state index contributed by atoms with van der Waals surface area (Å²) in [5, 5.41) is 7.48. The van der Waals surface area contributed by atoms with Crippen molar-refractivity contribution in [3.63, 3.8) is 0 Å². The lowest BCUT2D eigenvalue weighted by Crippen LogP contribution is -2.22. The Morgan fingerprint density at radius 1 is 1.46 bits per heavy atom. The SMILES string of the molecule is CC1(C)CCN(c2nnc(N)o2)C1. The van der Waals surface area contributed by atoms with E-state index < -0.39 is 0 Å². The van der Waals surface area contributed by atoms with Gasteiger partial charge in [0.05, 0.1) is 0 Å². The van der Waals surface area contributed by atoms with Gasteiger partial charge in [-0.3, -0.25) is 0 Å². The second kappa shape index (κ2) is 2.61. The zero-order valence-corrected chi connectivity index (χ0v) is 7.95. The van der Waals surface area contributed by atoms with Crippen LogP contribution in [0.3, 0.4) is 0 Å². The normalized spacial score (nSPS) is 20.9. The van der Waals surface area contributed by atoms with Crippen LogP contribution in [0.4, 0.5) is 12.0 Å². The number of nitrogens with two attached hydrogens (primary N) is 1. The number of nitrogens with zero attached hydrogens (tertiary/aromatic N) is 3. The molecule has 1 aliphatic heterocycles. The summed E-state index contributed by atoms with van der Waals surface area (Å²) in [5.74, 6) is 0. The lowest BCUT2D eigenvalue weighted by atomic mass is 9.93. The molecule has 0 atom stereocenters. The minimum absolute atomic E-state index is 0.139. The predicted octanol–water partition coefficient (Wildman–Crippen LogP) is 0.888. The summed E-state index contributed by atoms with van der Waals surface area (Å²) in [5.41, 5.74) is 5.68. The van der Waals surface area contributed by atoms with Crippen LogP contribution in [-0.2, 0) is 0 Å². The highest BCUT2D eigenvalue weighted by Crippen LogP contribution is 2.31. The third kappa shape index (κ3) is 1.59. The summed E-state index contributed by atoms with van der Waals surface area (Å²) in [6.45, 7) is 6.38. The average Bonchev–Trinajstić information content (AvgIpc) is 2.56. The molecule has 0 amide bonds. The van der Waals surface area contributed by atoms with E-state index >= 15 is 0 Å². The van der Waals surface area contributed by atoms with Crippen LogP contribution in [0.1, 0.15) is 20.3 Å². The number of hydrogen-bond acceptors (Lipinski definition) is 5. The molecule has 2 N–H and O–H groups in total. The number of nitrogen functional groups attached to an aromatic ring is 1. The molecule has 13 heavy (non-hydrogen) atoms. The molecule has 2 heterocycles. The Balaban J connectivity index is 2.12. The van der Waals surface area contributed by atoms with E-state index in [1.54, 1.807) is 0 Å². The van der Waals surface area contributed by atoms with Gasteiger partial charge in [-0.05, 0) is 11.8 Å². The maximum atomic E-state index is 5.35. The van der Waals surface area contributed by atoms with Gasteiger partial charge in [-0.2, -0.15) is 0 Å². The van der Waals surface area contributed by atoms with Gasteiger partial charge >= 0.3 is 12.0 Å². The van der Waals surface area contributed by atoms with Crippen molar-refractivity contribution in [2.75, 3.05) is 23.7 Å². The zero-order valence-electron chi connectivity index (χ0n) is 7.95. The summed E-state index contributed by atoms with van der Waals surface area (Å²) in [6.07, 6.45) is 1.15. The standard InChI is InChI=1S/C8H14N4O/c1-8(2)3-4-12(5-8)7-11-10-6(9)13-7/h3-5H2,1-2H3,(H2,9,10). The Bertz CT molecular complexity index is 307. The van der Waals surface area contributed by atoms with E-state index in [1.807, 2.05) is 0 Å². The van der Waals surface area contributed by atoms with Gasteiger partial charge in [0.2, 0.25) is 0 Å². The molecule has 0 bridgehead atoms. The van der Waals surface area contributed by atoms with E-state index in [1.165, 1.54) is 0 Å². The van der Waals surface area contributed by atoms with Gasteiger partial charge in [0.25, 0.3) is 0 Å². The topological polar surface area (TPSA) is 68.2 Å². The molecule has 1 saturated heterocycles. The fourth-order valence-electron chi connectivity index (χ4n) is 1.63. The average molecular weight is 182 g/mol. The van der Waals surface area contributed by atoms with Gasteiger partial charge in [0, 0.05) is 13.1 Å². The van der Waals surface area contributed by atoms with Crippen LogP contribution < -0.4 is 10.6 Å². The van der Waals surface area contributed by atoms with E-state index in [9.17, 15) is 0 Å². The summed E-state index contributed by atoms with van der Waals surface area (Å²) in [7, 11) is 0. The second-order valence-electron chi connectivity index (χ2n) is 4.26. The van der Waals surface area contributed by atoms with Crippen LogP contribution in [0.2, 0.25) is 0 Å². The number of rotatable bonds is 1. The molecule has 1 aromatic rings. The molecule has 0 aliphatic carbocycles. The lowest BCUT2D eigenvalue weighted by Gasteiger charge is -2.17. The largest absolute Gasteiger partial charge is 0.390 e. The molecule has 0 spiro atoms. The molecule has 0 unspecified atom stereocenters. The van der Waals surface area contributed by atoms with Crippen LogP contribution in [0.25, 0.3) is 0 Å². The molecule has 1 aromatic heterocycles. The van der Waals surface area contributed by atoms with Gasteiger partial charge < -0.3 is 15.1 Å². The predicted molar refractivity (Wildman–Crippen MR) is 49.3 cm³/mol. The van der Waals surface area contributed by atoms with Crippen LogP contribution >= 0.6 is 0 Å². The summed E-state index contributed by atoms with van der Waals surface area (Å²) < 4.78 is 5.14. The van der Waals surface area contributed by atoms with E-state index in [4.69, 9.17) is 10.2 Å². The van der Waals surface area contributed by atoms with Gasteiger partial charge in [0.15, 0.2) is 0 Å². The molecule has 0 radical (unpaired) electrons. The minimum atomic E-state index is 0.139. The smallest absolute Gasteiger partial charge is 0.319 e. The molecule has 1 aliphatic rings. The quantitative estimate of drug-likeness (QED) is 0.698. The molecular formula is C8H14N4O. The van der Waals surface area contributed by atoms with Crippen molar-refractivity contribution >= 4 is 12.0 Å². The molecule has 5 heteroatoms. The second-order valence-corrected chi connectivity index (χ2v) is 4.26. The molecule has 0 saturated carbocycles. The maximum absolute atomic E-state index is 5.35. The van der Waals surface area contributed by atoms with Crippen molar-refractivity contribution in [2.45, 2.75) is 20.3 Å². The molecular weight excluding hydrogens is 168 g/mol. The molecule has 0 aromatic carbocycles. The van der Waals surface area contributed by atoms with Crippen molar-refractivity contribution in [3.8, 4) is 0 Å². The fourth-order valence-corrected chi connectivity index (χ4v) is 1.63. The van der Waals surface area contributed by atoms with E-state index in [0.29, 0.717) is 11.4 Å². The third-order valence-corrected chi connectivity index (χ3v) is 2.38. The Morgan fingerprint density at radius 2 is 2.23 bits per heavy atom. The maximum Gasteiger partial charge on any atom is 0.319 e. The highest BCUT2D eigenvalue weighted by Gasteiger charge is 2.31. The van der Waals surface area contributed by atoms with Crippen LogP contribution in [0, 0.1) is 5.41 Å². The number of hydrogen-bond donors (Lipinski definition) is 1. The monoisotopic (exact) mass is 182 g/mol. The van der Waals surface area contributed by atoms with Crippen molar-refractivity contribution in [1.29, 1.82) is 0 Å². The molecule has 72 valence electrons. The van der Waals surface area contributed by atoms with Gasteiger partial charge in [0.1, 0.15) is 0 Å². The summed E-state index contributed by atoms with van der Waals surface area (Å²) in [4.78, 5) is 2.07. The highest BCUT2D eigenvalue weighted by atomic mass is 16.4. The van der Waals surface area contributed by atoms with Gasteiger partial charge in [-0.25, -0.2) is 0 Å².